The Hall–Kier alpha value is -2.54. The van der Waals surface area contributed by atoms with Gasteiger partial charge >= 0.3 is 5.97 Å². The summed E-state index contributed by atoms with van der Waals surface area (Å²) in [7, 11) is 0. The van der Waals surface area contributed by atoms with Crippen molar-refractivity contribution in [3.63, 3.8) is 0 Å². The summed E-state index contributed by atoms with van der Waals surface area (Å²) in [5, 5.41) is 11.4. The number of rotatable bonds is 10. The molecule has 3 fully saturated rings. The van der Waals surface area contributed by atoms with Gasteiger partial charge in [-0.1, -0.05) is 79.4 Å². The van der Waals surface area contributed by atoms with Crippen LogP contribution in [0.5, 0.6) is 0 Å². The van der Waals surface area contributed by atoms with Crippen LogP contribution in [0.25, 0.3) is 0 Å². The molecule has 0 bridgehead atoms. The summed E-state index contributed by atoms with van der Waals surface area (Å²) in [6, 6.07) is 19.2. The van der Waals surface area contributed by atoms with Gasteiger partial charge in [-0.25, -0.2) is 4.98 Å². The van der Waals surface area contributed by atoms with Crippen LogP contribution in [0.2, 0.25) is 0 Å². The minimum absolute atomic E-state index is 0.343. The quantitative estimate of drug-likeness (QED) is 0.305. The molecule has 0 amide bonds. The largest absolute Gasteiger partial charge is 0.480 e. The van der Waals surface area contributed by atoms with Gasteiger partial charge < -0.3 is 10.0 Å². The molecule has 3 atom stereocenters. The summed E-state index contributed by atoms with van der Waals surface area (Å²) in [5.41, 5.74) is 3.99. The number of aromatic nitrogens is 1. The Kier molecular flexibility index (Phi) is 8.66. The molecular weight excluding hydrogens is 514 g/mol. The summed E-state index contributed by atoms with van der Waals surface area (Å²) in [5.74, 6) is 1.42. The highest BCUT2D eigenvalue weighted by molar-refractivity contribution is 7.11. The van der Waals surface area contributed by atoms with Gasteiger partial charge in [0.25, 0.3) is 0 Å². The molecule has 212 valence electrons. The molecule has 2 aromatic carbocycles. The lowest BCUT2D eigenvalue weighted by Gasteiger charge is -2.34. The Bertz CT molecular complexity index is 1260. The van der Waals surface area contributed by atoms with Gasteiger partial charge in [-0.05, 0) is 68.2 Å². The predicted molar refractivity (Wildman–Crippen MR) is 162 cm³/mol. The number of carboxylic acids is 1. The third kappa shape index (κ3) is 6.50. The van der Waals surface area contributed by atoms with Crippen molar-refractivity contribution in [2.75, 3.05) is 32.7 Å². The molecule has 3 aliphatic rings. The van der Waals surface area contributed by atoms with Gasteiger partial charge in [0, 0.05) is 43.0 Å². The minimum Gasteiger partial charge on any atom is -0.480 e. The maximum atomic E-state index is 12.4. The molecule has 40 heavy (non-hydrogen) atoms. The van der Waals surface area contributed by atoms with Crippen LogP contribution in [0, 0.1) is 18.8 Å². The lowest BCUT2D eigenvalue weighted by molar-refractivity contribution is -0.144. The first-order chi connectivity index (χ1) is 19.5. The first-order valence-electron chi connectivity index (χ1n) is 15.3. The molecule has 5 nitrogen and oxygen atoms in total. The number of carboxylic acid groups (broad SMARTS) is 1. The van der Waals surface area contributed by atoms with E-state index >= 15 is 0 Å². The number of likely N-dealkylation sites (tertiary alicyclic amines) is 2. The number of piperidine rings is 1. The van der Waals surface area contributed by atoms with E-state index in [1.165, 1.54) is 58.7 Å². The Morgan fingerprint density at radius 3 is 2.55 bits per heavy atom. The zero-order valence-corrected chi connectivity index (χ0v) is 24.6. The maximum Gasteiger partial charge on any atom is 0.320 e. The van der Waals surface area contributed by atoms with Crippen LogP contribution in [0.3, 0.4) is 0 Å². The third-order valence-electron chi connectivity index (χ3n) is 9.70. The van der Waals surface area contributed by atoms with E-state index in [-0.39, 0.29) is 6.04 Å². The van der Waals surface area contributed by atoms with Gasteiger partial charge in [0.1, 0.15) is 6.04 Å². The van der Waals surface area contributed by atoms with E-state index in [0.717, 1.165) is 45.6 Å². The van der Waals surface area contributed by atoms with E-state index in [2.05, 4.69) is 77.5 Å². The van der Waals surface area contributed by atoms with E-state index in [9.17, 15) is 9.90 Å². The van der Waals surface area contributed by atoms with Gasteiger partial charge in [-0.15, -0.1) is 11.3 Å². The lowest BCUT2D eigenvalue weighted by atomic mass is 9.80. The number of carbonyl (C=O) groups is 1. The minimum atomic E-state index is -0.632. The van der Waals surface area contributed by atoms with Crippen LogP contribution >= 0.6 is 11.3 Å². The zero-order valence-electron chi connectivity index (χ0n) is 23.8. The van der Waals surface area contributed by atoms with Crippen molar-refractivity contribution in [2.45, 2.75) is 69.7 Å². The Morgan fingerprint density at radius 1 is 1.05 bits per heavy atom. The zero-order chi connectivity index (χ0) is 27.5. The van der Waals surface area contributed by atoms with Crippen molar-refractivity contribution in [3.8, 4) is 0 Å². The molecule has 6 heteroatoms. The van der Waals surface area contributed by atoms with Crippen LogP contribution in [0.4, 0.5) is 0 Å². The topological polar surface area (TPSA) is 56.7 Å². The van der Waals surface area contributed by atoms with Crippen molar-refractivity contribution in [3.05, 3.63) is 87.4 Å². The lowest BCUT2D eigenvalue weighted by Crippen LogP contribution is -2.43. The van der Waals surface area contributed by atoms with E-state index in [1.54, 1.807) is 0 Å². The van der Waals surface area contributed by atoms with Crippen molar-refractivity contribution in [2.24, 2.45) is 11.8 Å². The van der Waals surface area contributed by atoms with Crippen molar-refractivity contribution >= 4 is 17.3 Å². The number of aliphatic carboxylic acids is 1. The summed E-state index contributed by atoms with van der Waals surface area (Å²) in [6.07, 6.45) is 9.87. The van der Waals surface area contributed by atoms with Crippen LogP contribution in [0.1, 0.15) is 76.9 Å². The number of benzene rings is 2. The van der Waals surface area contributed by atoms with E-state index in [4.69, 9.17) is 4.98 Å². The second kappa shape index (κ2) is 12.5. The Balaban J connectivity index is 1.09. The van der Waals surface area contributed by atoms with Crippen LogP contribution < -0.4 is 0 Å². The second-order valence-electron chi connectivity index (χ2n) is 12.5. The molecule has 2 saturated heterocycles. The van der Waals surface area contributed by atoms with E-state index in [0.29, 0.717) is 23.7 Å². The molecule has 3 heterocycles. The fourth-order valence-electron chi connectivity index (χ4n) is 7.17. The van der Waals surface area contributed by atoms with Crippen molar-refractivity contribution < 1.29 is 9.90 Å². The van der Waals surface area contributed by atoms with Gasteiger partial charge in [-0.3, -0.25) is 9.69 Å². The highest BCUT2D eigenvalue weighted by Crippen LogP contribution is 2.39. The smallest absolute Gasteiger partial charge is 0.320 e. The predicted octanol–water partition coefficient (Wildman–Crippen LogP) is 6.58. The molecule has 6 rings (SSSR count). The summed E-state index contributed by atoms with van der Waals surface area (Å²) in [4.78, 5) is 23.5. The summed E-state index contributed by atoms with van der Waals surface area (Å²) < 4.78 is 0. The second-order valence-corrected chi connectivity index (χ2v) is 13.7. The molecular formula is C34H43N3O2S. The summed E-state index contributed by atoms with van der Waals surface area (Å²) in [6.45, 7) is 7.19. The average Bonchev–Trinajstić information content (AvgIpc) is 3.56. The maximum absolute atomic E-state index is 12.4. The van der Waals surface area contributed by atoms with Gasteiger partial charge in [-0.2, -0.15) is 0 Å². The van der Waals surface area contributed by atoms with Crippen molar-refractivity contribution in [1.82, 2.24) is 14.8 Å². The standard InChI is InChI=1S/C34H43N3O2S/c1-24-7-5-12-28(17-24)30-23-37(31(34(38)39)18-25-10-6-11-25)22-29(30)21-36-15-13-27(14-16-36)32-20-35-33(40-32)19-26-8-3-2-4-9-26/h2-5,7-9,12,17,20,25,27,29-31H,6,10-11,13-16,18-19,21-23H2,1H3,(H,38,39). The first kappa shape index (κ1) is 27.6. The van der Waals surface area contributed by atoms with Crippen LogP contribution in [-0.2, 0) is 11.2 Å². The molecule has 1 saturated carbocycles. The molecule has 3 unspecified atom stereocenters. The summed E-state index contributed by atoms with van der Waals surface area (Å²) >= 11 is 1.89. The normalized spacial score (nSPS) is 23.7. The third-order valence-corrected chi connectivity index (χ3v) is 10.9. The average molecular weight is 558 g/mol. The number of thiazole rings is 1. The number of hydrogen-bond acceptors (Lipinski definition) is 5. The molecule has 0 spiro atoms. The number of nitrogens with zero attached hydrogens (tertiary/aromatic N) is 3. The van der Waals surface area contributed by atoms with Gasteiger partial charge in [0.05, 0.1) is 5.01 Å². The van der Waals surface area contributed by atoms with Gasteiger partial charge in [0.15, 0.2) is 0 Å². The van der Waals surface area contributed by atoms with E-state index in [1.807, 2.05) is 11.3 Å². The Labute approximate surface area is 243 Å². The van der Waals surface area contributed by atoms with Gasteiger partial charge in [0.2, 0.25) is 0 Å². The van der Waals surface area contributed by atoms with Crippen molar-refractivity contribution in [1.29, 1.82) is 0 Å². The Morgan fingerprint density at radius 2 is 1.85 bits per heavy atom. The van der Waals surface area contributed by atoms with E-state index < -0.39 is 5.97 Å². The van der Waals surface area contributed by atoms with Crippen LogP contribution in [0.15, 0.2) is 60.8 Å². The first-order valence-corrected chi connectivity index (χ1v) is 16.1. The molecule has 3 aromatic rings. The molecule has 1 N–H and O–H groups in total. The molecule has 2 aliphatic heterocycles. The molecule has 1 aliphatic carbocycles. The highest BCUT2D eigenvalue weighted by atomic mass is 32.1. The molecule has 1 aromatic heterocycles. The monoisotopic (exact) mass is 557 g/mol. The fraction of sp³-hybridized carbons (Fsp3) is 0.529. The highest BCUT2D eigenvalue weighted by Gasteiger charge is 2.41. The number of aryl methyl sites for hydroxylation is 1. The fourth-order valence-corrected chi connectivity index (χ4v) is 8.29. The van der Waals surface area contributed by atoms with Crippen LogP contribution in [-0.4, -0.2) is 64.6 Å². The molecule has 0 radical (unpaired) electrons. The SMILES string of the molecule is Cc1cccc(C2CN(C(CC3CCC3)C(=O)O)CC2CN2CCC(c3cnc(Cc4ccccc4)s3)CC2)c1. The number of hydrogen-bond donors (Lipinski definition) is 1.